The Labute approximate surface area is 173 Å². The number of phenolic OH excluding ortho intramolecular Hbond substituents is 1. The van der Waals surface area contributed by atoms with Crippen LogP contribution in [0, 0.1) is 6.92 Å². The lowest BCUT2D eigenvalue weighted by Crippen LogP contribution is -2.01. The summed E-state index contributed by atoms with van der Waals surface area (Å²) in [5, 5.41) is 14.9. The van der Waals surface area contributed by atoms with Crippen molar-refractivity contribution < 1.29 is 5.11 Å². The molecule has 0 aliphatic heterocycles. The second-order valence-electron chi connectivity index (χ2n) is 8.15. The van der Waals surface area contributed by atoms with E-state index in [-0.39, 0.29) is 0 Å². The molecule has 0 saturated carbocycles. The third kappa shape index (κ3) is 2.65. The SMILES string of the molecule is Cc1cc(O)ccc1-c1nccc2cc3sc4cc5c(cc4c3cc12)CCCC5. The quantitative estimate of drug-likeness (QED) is 0.326. The van der Waals surface area contributed by atoms with Gasteiger partial charge < -0.3 is 5.11 Å². The molecule has 5 aromatic rings. The lowest BCUT2D eigenvalue weighted by Gasteiger charge is -2.15. The van der Waals surface area contributed by atoms with Gasteiger partial charge >= 0.3 is 0 Å². The minimum absolute atomic E-state index is 0.294. The zero-order chi connectivity index (χ0) is 19.5. The Hall–Kier alpha value is -2.91. The number of phenols is 1. The molecule has 1 aliphatic carbocycles. The molecular weight excluding hydrogens is 374 g/mol. The minimum Gasteiger partial charge on any atom is -0.508 e. The summed E-state index contributed by atoms with van der Waals surface area (Å²) in [4.78, 5) is 4.73. The molecule has 0 radical (unpaired) electrons. The monoisotopic (exact) mass is 395 g/mol. The van der Waals surface area contributed by atoms with Crippen LogP contribution in [0.15, 0.2) is 54.7 Å². The van der Waals surface area contributed by atoms with Crippen LogP contribution in [0.2, 0.25) is 0 Å². The summed E-state index contributed by atoms with van der Waals surface area (Å²) < 4.78 is 2.74. The Morgan fingerprint density at radius 2 is 1.59 bits per heavy atom. The first-order valence-corrected chi connectivity index (χ1v) is 11.1. The predicted molar refractivity (Wildman–Crippen MR) is 123 cm³/mol. The lowest BCUT2D eigenvalue weighted by atomic mass is 9.90. The van der Waals surface area contributed by atoms with E-state index in [1.54, 1.807) is 17.7 Å². The number of hydrogen-bond acceptors (Lipinski definition) is 3. The van der Waals surface area contributed by atoms with Crippen LogP contribution in [0.1, 0.15) is 29.5 Å². The number of pyridine rings is 1. The highest BCUT2D eigenvalue weighted by Gasteiger charge is 2.15. The summed E-state index contributed by atoms with van der Waals surface area (Å²) in [5.41, 5.74) is 6.17. The maximum absolute atomic E-state index is 9.81. The second kappa shape index (κ2) is 6.30. The molecule has 3 aromatic carbocycles. The van der Waals surface area contributed by atoms with Crippen molar-refractivity contribution in [3.8, 4) is 17.0 Å². The standard InChI is InChI=1S/C26H21NOS/c1-15-10-19(28)6-7-20(15)26-21-14-23-22-11-16-4-2-3-5-17(16)12-24(22)29-25(23)13-18(21)8-9-27-26/h6-14,28H,2-5H2,1H3. The number of thiophene rings is 1. The summed E-state index contributed by atoms with van der Waals surface area (Å²) in [6.45, 7) is 2.03. The zero-order valence-corrected chi connectivity index (χ0v) is 17.1. The van der Waals surface area contributed by atoms with Crippen LogP contribution >= 0.6 is 11.3 Å². The second-order valence-corrected chi connectivity index (χ2v) is 9.24. The van der Waals surface area contributed by atoms with Gasteiger partial charge in [0.25, 0.3) is 0 Å². The van der Waals surface area contributed by atoms with Crippen molar-refractivity contribution in [3.63, 3.8) is 0 Å². The predicted octanol–water partition coefficient (Wildman–Crippen LogP) is 7.16. The molecule has 2 aromatic heterocycles. The van der Waals surface area contributed by atoms with Crippen LogP contribution in [0.5, 0.6) is 5.75 Å². The van der Waals surface area contributed by atoms with E-state index in [9.17, 15) is 5.11 Å². The Morgan fingerprint density at radius 3 is 2.41 bits per heavy atom. The Bertz CT molecular complexity index is 1430. The first-order valence-electron chi connectivity index (χ1n) is 10.2. The molecule has 29 heavy (non-hydrogen) atoms. The highest BCUT2D eigenvalue weighted by Crippen LogP contribution is 2.41. The van der Waals surface area contributed by atoms with Gasteiger partial charge in [0.1, 0.15) is 5.75 Å². The van der Waals surface area contributed by atoms with Gasteiger partial charge in [-0.2, -0.15) is 0 Å². The lowest BCUT2D eigenvalue weighted by molar-refractivity contribution is 0.475. The maximum atomic E-state index is 9.81. The van der Waals surface area contributed by atoms with Gasteiger partial charge in [-0.25, -0.2) is 0 Å². The van der Waals surface area contributed by atoms with E-state index >= 15 is 0 Å². The number of aryl methyl sites for hydroxylation is 3. The molecule has 6 rings (SSSR count). The van der Waals surface area contributed by atoms with Crippen LogP contribution in [-0.4, -0.2) is 10.1 Å². The van der Waals surface area contributed by atoms with Crippen molar-refractivity contribution in [2.24, 2.45) is 0 Å². The third-order valence-corrected chi connectivity index (χ3v) is 7.40. The van der Waals surface area contributed by atoms with Crippen molar-refractivity contribution in [1.29, 1.82) is 0 Å². The topological polar surface area (TPSA) is 33.1 Å². The maximum Gasteiger partial charge on any atom is 0.115 e. The molecule has 2 heterocycles. The molecule has 0 fully saturated rings. The molecule has 0 saturated heterocycles. The van der Waals surface area contributed by atoms with Crippen molar-refractivity contribution in [1.82, 2.24) is 4.98 Å². The molecule has 0 bridgehead atoms. The molecular formula is C26H21NOS. The average molecular weight is 396 g/mol. The first kappa shape index (κ1) is 17.0. The van der Waals surface area contributed by atoms with E-state index in [0.717, 1.165) is 16.8 Å². The Kier molecular flexibility index (Phi) is 3.69. The van der Waals surface area contributed by atoms with E-state index in [1.165, 1.54) is 62.2 Å². The van der Waals surface area contributed by atoms with Crippen molar-refractivity contribution in [2.45, 2.75) is 32.6 Å². The van der Waals surface area contributed by atoms with Crippen molar-refractivity contribution in [2.75, 3.05) is 0 Å². The zero-order valence-electron chi connectivity index (χ0n) is 16.3. The molecule has 142 valence electrons. The van der Waals surface area contributed by atoms with Crippen LogP contribution in [0.25, 0.3) is 42.2 Å². The van der Waals surface area contributed by atoms with Crippen molar-refractivity contribution in [3.05, 3.63) is 71.4 Å². The number of aromatic hydroxyl groups is 1. The Balaban J connectivity index is 1.66. The van der Waals surface area contributed by atoms with Gasteiger partial charge in [-0.05, 0) is 103 Å². The summed E-state index contributed by atoms with van der Waals surface area (Å²) >= 11 is 1.90. The highest BCUT2D eigenvalue weighted by molar-refractivity contribution is 7.25. The van der Waals surface area contributed by atoms with Gasteiger partial charge in [0.05, 0.1) is 5.69 Å². The summed E-state index contributed by atoms with van der Waals surface area (Å²) in [5.74, 6) is 0.294. The number of fused-ring (bicyclic) bond motifs is 5. The number of nitrogens with zero attached hydrogens (tertiary/aromatic N) is 1. The van der Waals surface area contributed by atoms with Gasteiger partial charge in [-0.1, -0.05) is 0 Å². The third-order valence-electron chi connectivity index (χ3n) is 6.28. The molecule has 1 aliphatic rings. The van der Waals surface area contributed by atoms with E-state index in [2.05, 4.69) is 30.3 Å². The summed E-state index contributed by atoms with van der Waals surface area (Å²) in [6, 6.07) is 17.1. The molecule has 0 unspecified atom stereocenters. The average Bonchev–Trinajstić information content (AvgIpc) is 3.06. The first-order chi connectivity index (χ1) is 14.2. The van der Waals surface area contributed by atoms with Gasteiger partial charge in [-0.3, -0.25) is 4.98 Å². The van der Waals surface area contributed by atoms with Gasteiger partial charge in [-0.15, -0.1) is 11.3 Å². The largest absolute Gasteiger partial charge is 0.508 e. The molecule has 2 nitrogen and oxygen atoms in total. The van der Waals surface area contributed by atoms with Crippen LogP contribution in [0.3, 0.4) is 0 Å². The number of hydrogen-bond donors (Lipinski definition) is 1. The number of aromatic nitrogens is 1. The molecule has 0 amide bonds. The van der Waals surface area contributed by atoms with E-state index in [0.29, 0.717) is 5.75 Å². The van der Waals surface area contributed by atoms with Crippen molar-refractivity contribution >= 4 is 42.3 Å². The molecule has 0 spiro atoms. The number of benzene rings is 3. The minimum atomic E-state index is 0.294. The summed E-state index contributed by atoms with van der Waals surface area (Å²) in [6.07, 6.45) is 6.93. The van der Waals surface area contributed by atoms with Crippen LogP contribution in [0.4, 0.5) is 0 Å². The fourth-order valence-corrected chi connectivity index (χ4v) is 5.98. The molecule has 1 N–H and O–H groups in total. The Morgan fingerprint density at radius 1 is 0.828 bits per heavy atom. The van der Waals surface area contributed by atoms with Gasteiger partial charge in [0.15, 0.2) is 0 Å². The van der Waals surface area contributed by atoms with Gasteiger partial charge in [0, 0.05) is 37.3 Å². The van der Waals surface area contributed by atoms with Crippen LogP contribution in [-0.2, 0) is 12.8 Å². The molecule has 0 atom stereocenters. The normalized spacial score (nSPS) is 14.0. The highest BCUT2D eigenvalue weighted by atomic mass is 32.1. The number of rotatable bonds is 1. The fraction of sp³-hybridized carbons (Fsp3) is 0.192. The molecule has 3 heteroatoms. The van der Waals surface area contributed by atoms with E-state index in [1.807, 2.05) is 30.5 Å². The smallest absolute Gasteiger partial charge is 0.115 e. The van der Waals surface area contributed by atoms with E-state index in [4.69, 9.17) is 4.98 Å². The van der Waals surface area contributed by atoms with Crippen LogP contribution < -0.4 is 0 Å². The van der Waals surface area contributed by atoms with Gasteiger partial charge in [0.2, 0.25) is 0 Å². The fourth-order valence-electron chi connectivity index (χ4n) is 4.80. The van der Waals surface area contributed by atoms with E-state index < -0.39 is 0 Å². The summed E-state index contributed by atoms with van der Waals surface area (Å²) in [7, 11) is 0.